The number of nitrogens with zero attached hydrogens (tertiary/aromatic N) is 2. The van der Waals surface area contributed by atoms with Crippen LogP contribution in [-0.4, -0.2) is 42.0 Å². The number of anilines is 1. The van der Waals surface area contributed by atoms with Crippen LogP contribution >= 0.6 is 0 Å². The molecule has 1 aromatic heterocycles. The molecular formula is C21H26FN3O4. The highest BCUT2D eigenvalue weighted by molar-refractivity contribution is 5.89. The van der Waals surface area contributed by atoms with Crippen molar-refractivity contribution in [2.45, 2.75) is 45.2 Å². The Bertz CT molecular complexity index is 1030. The van der Waals surface area contributed by atoms with Gasteiger partial charge in [0.1, 0.15) is 5.82 Å². The van der Waals surface area contributed by atoms with Gasteiger partial charge < -0.3 is 24.6 Å². The van der Waals surface area contributed by atoms with Gasteiger partial charge in [-0.3, -0.25) is 4.79 Å². The predicted molar refractivity (Wildman–Crippen MR) is 109 cm³/mol. The molecule has 1 amide bonds. The zero-order chi connectivity index (χ0) is 20.9. The minimum Gasteiger partial charge on any atom is -0.491 e. The summed E-state index contributed by atoms with van der Waals surface area (Å²) < 4.78 is 22.2. The van der Waals surface area contributed by atoms with Crippen LogP contribution in [0.15, 0.2) is 16.9 Å². The SMILES string of the molecule is COc1cc2cc(F)c(N3CC[C@@H]([C@H](C)NC(=O)O)C3)c(C)c2n(C2CC2)c1=O. The molecule has 2 atom stereocenters. The van der Waals surface area contributed by atoms with Crippen molar-refractivity contribution in [2.24, 2.45) is 5.92 Å². The van der Waals surface area contributed by atoms with Gasteiger partial charge in [-0.1, -0.05) is 0 Å². The summed E-state index contributed by atoms with van der Waals surface area (Å²) in [5, 5.41) is 12.1. The topological polar surface area (TPSA) is 83.8 Å². The molecule has 0 radical (unpaired) electrons. The molecule has 8 heteroatoms. The second kappa shape index (κ2) is 7.24. The lowest BCUT2D eigenvalue weighted by atomic mass is 10.0. The van der Waals surface area contributed by atoms with Crippen LogP contribution in [0.5, 0.6) is 5.75 Å². The number of amides is 1. The summed E-state index contributed by atoms with van der Waals surface area (Å²) in [4.78, 5) is 25.8. The summed E-state index contributed by atoms with van der Waals surface area (Å²) in [6.45, 7) is 4.90. The number of rotatable bonds is 5. The minimum atomic E-state index is -1.05. The van der Waals surface area contributed by atoms with E-state index in [2.05, 4.69) is 5.32 Å². The van der Waals surface area contributed by atoms with Crippen LogP contribution in [0.2, 0.25) is 0 Å². The molecule has 2 N–H and O–H groups in total. The number of carboxylic acid groups (broad SMARTS) is 1. The molecule has 4 rings (SSSR count). The number of fused-ring (bicyclic) bond motifs is 1. The second-order valence-corrected chi connectivity index (χ2v) is 8.12. The molecular weight excluding hydrogens is 377 g/mol. The van der Waals surface area contributed by atoms with Crippen LogP contribution in [0, 0.1) is 18.7 Å². The molecule has 156 valence electrons. The Labute approximate surface area is 168 Å². The molecule has 1 aliphatic carbocycles. The molecule has 2 aromatic rings. The lowest BCUT2D eigenvalue weighted by molar-refractivity contribution is 0.186. The number of aryl methyl sites for hydroxylation is 1. The van der Waals surface area contributed by atoms with E-state index in [0.29, 0.717) is 24.2 Å². The Morgan fingerprint density at radius 3 is 2.69 bits per heavy atom. The highest BCUT2D eigenvalue weighted by atomic mass is 19.1. The third-order valence-corrected chi connectivity index (χ3v) is 6.18. The van der Waals surface area contributed by atoms with E-state index in [1.807, 2.05) is 18.7 Å². The highest BCUT2D eigenvalue weighted by Crippen LogP contribution is 2.41. The molecule has 0 bridgehead atoms. The molecule has 1 saturated carbocycles. The lowest BCUT2D eigenvalue weighted by Crippen LogP contribution is -2.38. The minimum absolute atomic E-state index is 0.0992. The number of carbonyl (C=O) groups is 1. The molecule has 7 nitrogen and oxygen atoms in total. The summed E-state index contributed by atoms with van der Waals surface area (Å²) in [7, 11) is 1.45. The van der Waals surface area contributed by atoms with E-state index in [9.17, 15) is 9.59 Å². The fourth-order valence-electron chi connectivity index (χ4n) is 4.56. The van der Waals surface area contributed by atoms with Crippen LogP contribution in [0.1, 0.15) is 37.8 Å². The fourth-order valence-corrected chi connectivity index (χ4v) is 4.56. The summed E-state index contributed by atoms with van der Waals surface area (Å²) >= 11 is 0. The molecule has 29 heavy (non-hydrogen) atoms. The van der Waals surface area contributed by atoms with Gasteiger partial charge >= 0.3 is 6.09 Å². The zero-order valence-electron chi connectivity index (χ0n) is 16.9. The smallest absolute Gasteiger partial charge is 0.404 e. The van der Waals surface area contributed by atoms with E-state index in [0.717, 1.165) is 30.3 Å². The van der Waals surface area contributed by atoms with E-state index in [4.69, 9.17) is 9.84 Å². The van der Waals surface area contributed by atoms with E-state index < -0.39 is 6.09 Å². The van der Waals surface area contributed by atoms with E-state index in [1.165, 1.54) is 13.2 Å². The first kappa shape index (κ1) is 19.5. The van der Waals surface area contributed by atoms with Crippen LogP contribution in [0.25, 0.3) is 10.9 Å². The number of ether oxygens (including phenoxy) is 1. The highest BCUT2D eigenvalue weighted by Gasteiger charge is 2.33. The summed E-state index contributed by atoms with van der Waals surface area (Å²) in [6, 6.07) is 3.01. The first-order valence-electron chi connectivity index (χ1n) is 9.98. The first-order valence-corrected chi connectivity index (χ1v) is 9.98. The van der Waals surface area contributed by atoms with E-state index >= 15 is 4.39 Å². The normalized spacial score (nSPS) is 20.1. The van der Waals surface area contributed by atoms with Crippen LogP contribution < -0.4 is 20.5 Å². The molecule has 2 heterocycles. The van der Waals surface area contributed by atoms with Gasteiger partial charge in [0, 0.05) is 30.6 Å². The van der Waals surface area contributed by atoms with Crippen molar-refractivity contribution in [3.8, 4) is 5.75 Å². The summed E-state index contributed by atoms with van der Waals surface area (Å²) in [5.41, 5.74) is 1.82. The number of methoxy groups -OCH3 is 1. The lowest BCUT2D eigenvalue weighted by Gasteiger charge is -2.25. The van der Waals surface area contributed by atoms with E-state index in [1.54, 1.807) is 10.6 Å². The second-order valence-electron chi connectivity index (χ2n) is 8.12. The van der Waals surface area contributed by atoms with Crippen LogP contribution in [-0.2, 0) is 0 Å². The molecule has 1 aromatic carbocycles. The van der Waals surface area contributed by atoms with Crippen molar-refractivity contribution in [1.29, 1.82) is 0 Å². The van der Waals surface area contributed by atoms with Crippen molar-refractivity contribution in [3.63, 3.8) is 0 Å². The van der Waals surface area contributed by atoms with Crippen molar-refractivity contribution >= 4 is 22.7 Å². The number of halogens is 1. The number of hydrogen-bond acceptors (Lipinski definition) is 4. The fraction of sp³-hybridized carbons (Fsp3) is 0.524. The Morgan fingerprint density at radius 2 is 2.07 bits per heavy atom. The van der Waals surface area contributed by atoms with Gasteiger partial charge in [0.15, 0.2) is 5.75 Å². The summed E-state index contributed by atoms with van der Waals surface area (Å²) in [5.74, 6) is -0.00890. The number of pyridine rings is 1. The quantitative estimate of drug-likeness (QED) is 0.801. The van der Waals surface area contributed by atoms with Crippen molar-refractivity contribution in [3.05, 3.63) is 33.9 Å². The van der Waals surface area contributed by atoms with Gasteiger partial charge in [0.25, 0.3) is 5.56 Å². The van der Waals surface area contributed by atoms with Gasteiger partial charge in [-0.25, -0.2) is 9.18 Å². The predicted octanol–water partition coefficient (Wildman–Crippen LogP) is 3.27. The maximum absolute atomic E-state index is 15.2. The summed E-state index contributed by atoms with van der Waals surface area (Å²) in [6.07, 6.45) is 1.58. The monoisotopic (exact) mass is 403 g/mol. The van der Waals surface area contributed by atoms with Gasteiger partial charge in [-0.05, 0) is 56.7 Å². The zero-order valence-corrected chi connectivity index (χ0v) is 16.9. The molecule has 2 fully saturated rings. The third kappa shape index (κ3) is 3.41. The Morgan fingerprint density at radius 1 is 1.34 bits per heavy atom. The third-order valence-electron chi connectivity index (χ3n) is 6.18. The Hall–Kier alpha value is -2.77. The number of benzene rings is 1. The maximum atomic E-state index is 15.2. The molecule has 1 saturated heterocycles. The van der Waals surface area contributed by atoms with Gasteiger partial charge in [-0.2, -0.15) is 0 Å². The number of aromatic nitrogens is 1. The largest absolute Gasteiger partial charge is 0.491 e. The standard InChI is InChI=1S/C21H26FN3O4/c1-11-18-14(9-17(29-3)20(26)25(18)15-4-5-15)8-16(22)19(11)24-7-6-13(10-24)12(2)23-21(27)28/h8-9,12-13,15,23H,4-7,10H2,1-3H3,(H,27,28)/t12-,13+/m0/s1. The maximum Gasteiger partial charge on any atom is 0.404 e. The number of hydrogen-bond donors (Lipinski definition) is 2. The van der Waals surface area contributed by atoms with Crippen molar-refractivity contribution in [2.75, 3.05) is 25.1 Å². The molecule has 1 aliphatic heterocycles. The van der Waals surface area contributed by atoms with E-state index in [-0.39, 0.29) is 35.1 Å². The average Bonchev–Trinajstić information content (AvgIpc) is 3.38. The van der Waals surface area contributed by atoms with Crippen molar-refractivity contribution in [1.82, 2.24) is 9.88 Å². The first-order chi connectivity index (χ1) is 13.8. The molecule has 2 aliphatic rings. The van der Waals surface area contributed by atoms with Crippen LogP contribution in [0.3, 0.4) is 0 Å². The van der Waals surface area contributed by atoms with Gasteiger partial charge in [0.2, 0.25) is 0 Å². The molecule has 0 spiro atoms. The van der Waals surface area contributed by atoms with Gasteiger partial charge in [0.05, 0.1) is 18.3 Å². The van der Waals surface area contributed by atoms with Crippen molar-refractivity contribution < 1.29 is 19.0 Å². The van der Waals surface area contributed by atoms with Gasteiger partial charge in [-0.15, -0.1) is 0 Å². The Kier molecular flexibility index (Phi) is 4.88. The molecule has 0 unspecified atom stereocenters. The van der Waals surface area contributed by atoms with Crippen LogP contribution in [0.4, 0.5) is 14.9 Å². The average molecular weight is 403 g/mol. The number of nitrogens with one attached hydrogen (secondary N) is 1. The Balaban J connectivity index is 1.78.